The van der Waals surface area contributed by atoms with Crippen LogP contribution < -0.4 is 5.32 Å². The zero-order valence-corrected chi connectivity index (χ0v) is 14.1. The number of rotatable bonds is 6. The highest BCUT2D eigenvalue weighted by atomic mass is 32.2. The quantitative estimate of drug-likeness (QED) is 0.659. The van der Waals surface area contributed by atoms with E-state index in [1.165, 1.54) is 17.6 Å². The van der Waals surface area contributed by atoms with Crippen molar-refractivity contribution >= 4 is 28.4 Å². The summed E-state index contributed by atoms with van der Waals surface area (Å²) in [5.41, 5.74) is 1.28. The molecule has 25 heavy (non-hydrogen) atoms. The number of alkyl halides is 2. The van der Waals surface area contributed by atoms with Gasteiger partial charge >= 0.3 is 0 Å². The molecule has 0 fully saturated rings. The lowest BCUT2D eigenvalue weighted by Crippen LogP contribution is -2.26. The standard InChI is InChI=1S/C19H16F2N2OS/c20-19(21)25-18-16(6-3-10-23-18)17(24)22-11-9-13-7-8-14-4-1-2-5-15(14)12-13/h1-8,10,12,19H,9,11H2,(H,22,24). The minimum atomic E-state index is -2.61. The van der Waals surface area contributed by atoms with E-state index in [0.29, 0.717) is 13.0 Å². The number of nitrogens with zero attached hydrogens (tertiary/aromatic N) is 1. The minimum absolute atomic E-state index is 0.0423. The Morgan fingerprint density at radius 2 is 1.88 bits per heavy atom. The zero-order valence-electron chi connectivity index (χ0n) is 13.3. The van der Waals surface area contributed by atoms with Gasteiger partial charge < -0.3 is 5.32 Å². The monoisotopic (exact) mass is 358 g/mol. The minimum Gasteiger partial charge on any atom is -0.352 e. The Morgan fingerprint density at radius 3 is 2.68 bits per heavy atom. The molecule has 1 amide bonds. The number of fused-ring (bicyclic) bond motifs is 1. The topological polar surface area (TPSA) is 42.0 Å². The van der Waals surface area contributed by atoms with Gasteiger partial charge in [0.1, 0.15) is 5.03 Å². The van der Waals surface area contributed by atoms with Gasteiger partial charge in [0, 0.05) is 12.7 Å². The van der Waals surface area contributed by atoms with E-state index < -0.39 is 11.7 Å². The number of halogens is 2. The van der Waals surface area contributed by atoms with Crippen LogP contribution in [0.5, 0.6) is 0 Å². The molecule has 1 aromatic heterocycles. The van der Waals surface area contributed by atoms with E-state index in [2.05, 4.69) is 16.4 Å². The molecule has 0 radical (unpaired) electrons. The molecule has 0 bridgehead atoms. The molecule has 0 spiro atoms. The van der Waals surface area contributed by atoms with Crippen LogP contribution in [0.1, 0.15) is 15.9 Å². The first kappa shape index (κ1) is 17.4. The molecule has 0 aliphatic rings. The van der Waals surface area contributed by atoms with Gasteiger partial charge in [0.2, 0.25) is 0 Å². The van der Waals surface area contributed by atoms with E-state index in [4.69, 9.17) is 0 Å². The summed E-state index contributed by atoms with van der Waals surface area (Å²) in [5, 5.41) is 5.13. The summed E-state index contributed by atoms with van der Waals surface area (Å²) in [5.74, 6) is -3.00. The molecule has 128 valence electrons. The number of carbonyl (C=O) groups excluding carboxylic acids is 1. The summed E-state index contributed by atoms with van der Waals surface area (Å²) < 4.78 is 25.1. The molecule has 0 atom stereocenters. The number of pyridine rings is 1. The van der Waals surface area contributed by atoms with Crippen molar-refractivity contribution < 1.29 is 13.6 Å². The average Bonchev–Trinajstić information content (AvgIpc) is 2.61. The first-order valence-corrected chi connectivity index (χ1v) is 8.67. The smallest absolute Gasteiger partial charge is 0.290 e. The van der Waals surface area contributed by atoms with E-state index in [1.54, 1.807) is 6.07 Å². The van der Waals surface area contributed by atoms with Crippen LogP contribution in [-0.2, 0) is 6.42 Å². The van der Waals surface area contributed by atoms with Crippen molar-refractivity contribution in [3.63, 3.8) is 0 Å². The number of hydrogen-bond acceptors (Lipinski definition) is 3. The molecular formula is C19H16F2N2OS. The molecule has 3 aromatic rings. The summed E-state index contributed by atoms with van der Waals surface area (Å²) in [7, 11) is 0. The van der Waals surface area contributed by atoms with Gasteiger partial charge in [-0.05, 0) is 46.7 Å². The highest BCUT2D eigenvalue weighted by molar-refractivity contribution is 7.99. The molecule has 0 unspecified atom stereocenters. The SMILES string of the molecule is O=C(NCCc1ccc2ccccc2c1)c1cccnc1SC(F)F. The molecule has 3 rings (SSSR count). The Bertz CT molecular complexity index is 886. The number of thioether (sulfide) groups is 1. The lowest BCUT2D eigenvalue weighted by Gasteiger charge is -2.09. The van der Waals surface area contributed by atoms with Crippen LogP contribution in [-0.4, -0.2) is 23.2 Å². The molecular weight excluding hydrogens is 342 g/mol. The first-order valence-electron chi connectivity index (χ1n) is 7.79. The molecule has 1 N–H and O–H groups in total. The van der Waals surface area contributed by atoms with Crippen molar-refractivity contribution in [3.05, 3.63) is 71.9 Å². The maximum atomic E-state index is 12.6. The second-order valence-corrected chi connectivity index (χ2v) is 6.40. The molecule has 0 aliphatic heterocycles. The molecule has 0 aliphatic carbocycles. The van der Waals surface area contributed by atoms with Crippen molar-refractivity contribution in [2.24, 2.45) is 0 Å². The summed E-state index contributed by atoms with van der Waals surface area (Å²) in [6.07, 6.45) is 2.06. The third kappa shape index (κ3) is 4.54. The van der Waals surface area contributed by atoms with Crippen LogP contribution in [0, 0.1) is 0 Å². The Kier molecular flexibility index (Phi) is 5.60. The predicted molar refractivity (Wildman–Crippen MR) is 96.1 cm³/mol. The molecule has 2 aromatic carbocycles. The second kappa shape index (κ2) is 8.07. The fourth-order valence-corrected chi connectivity index (χ4v) is 3.13. The number of amides is 1. The molecule has 6 heteroatoms. The van der Waals surface area contributed by atoms with Gasteiger partial charge in [0.25, 0.3) is 11.7 Å². The van der Waals surface area contributed by atoms with E-state index in [1.807, 2.05) is 36.4 Å². The number of nitrogens with one attached hydrogen (secondary N) is 1. The summed E-state index contributed by atoms with van der Waals surface area (Å²) in [4.78, 5) is 16.1. The zero-order chi connectivity index (χ0) is 17.6. The van der Waals surface area contributed by atoms with Crippen molar-refractivity contribution in [3.8, 4) is 0 Å². The van der Waals surface area contributed by atoms with Crippen molar-refractivity contribution in [2.75, 3.05) is 6.54 Å². The highest BCUT2D eigenvalue weighted by Crippen LogP contribution is 2.26. The van der Waals surface area contributed by atoms with Crippen molar-refractivity contribution in [1.29, 1.82) is 0 Å². The fourth-order valence-electron chi connectivity index (χ4n) is 2.55. The van der Waals surface area contributed by atoms with Gasteiger partial charge in [-0.25, -0.2) is 4.98 Å². The van der Waals surface area contributed by atoms with Gasteiger partial charge in [-0.15, -0.1) is 0 Å². The molecule has 0 saturated heterocycles. The average molecular weight is 358 g/mol. The van der Waals surface area contributed by atoms with Gasteiger partial charge in [-0.3, -0.25) is 4.79 Å². The van der Waals surface area contributed by atoms with Crippen LogP contribution in [0.4, 0.5) is 8.78 Å². The summed E-state index contributed by atoms with van der Waals surface area (Å²) in [6.45, 7) is 0.421. The van der Waals surface area contributed by atoms with Crippen LogP contribution in [0.3, 0.4) is 0 Å². The predicted octanol–water partition coefficient (Wildman–Crippen LogP) is 4.52. The van der Waals surface area contributed by atoms with Gasteiger partial charge in [-0.1, -0.05) is 42.5 Å². The van der Waals surface area contributed by atoms with E-state index in [-0.39, 0.29) is 22.4 Å². The summed E-state index contributed by atoms with van der Waals surface area (Å²) in [6, 6.07) is 17.3. The van der Waals surface area contributed by atoms with Gasteiger partial charge in [-0.2, -0.15) is 8.78 Å². The van der Waals surface area contributed by atoms with Crippen LogP contribution in [0.25, 0.3) is 10.8 Å². The van der Waals surface area contributed by atoms with E-state index in [0.717, 1.165) is 10.9 Å². The lowest BCUT2D eigenvalue weighted by atomic mass is 10.1. The highest BCUT2D eigenvalue weighted by Gasteiger charge is 2.16. The van der Waals surface area contributed by atoms with Crippen molar-refractivity contribution in [2.45, 2.75) is 17.2 Å². The third-order valence-corrected chi connectivity index (χ3v) is 4.46. The Balaban J connectivity index is 1.62. The molecule has 3 nitrogen and oxygen atoms in total. The number of benzene rings is 2. The largest absolute Gasteiger partial charge is 0.352 e. The lowest BCUT2D eigenvalue weighted by molar-refractivity contribution is 0.0950. The molecule has 1 heterocycles. The van der Waals surface area contributed by atoms with Gasteiger partial charge in [0.15, 0.2) is 0 Å². The maximum Gasteiger partial charge on any atom is 0.290 e. The Hall–Kier alpha value is -2.47. The van der Waals surface area contributed by atoms with Crippen LogP contribution in [0.2, 0.25) is 0 Å². The van der Waals surface area contributed by atoms with E-state index in [9.17, 15) is 13.6 Å². The first-order chi connectivity index (χ1) is 12.1. The van der Waals surface area contributed by atoms with Gasteiger partial charge in [0.05, 0.1) is 5.56 Å². The van der Waals surface area contributed by atoms with E-state index >= 15 is 0 Å². The third-order valence-electron chi connectivity index (χ3n) is 3.73. The van der Waals surface area contributed by atoms with Crippen molar-refractivity contribution in [1.82, 2.24) is 10.3 Å². The normalized spacial score (nSPS) is 11.0. The number of hydrogen-bond donors (Lipinski definition) is 1. The Morgan fingerprint density at radius 1 is 1.08 bits per heavy atom. The number of carbonyl (C=O) groups is 1. The second-order valence-electron chi connectivity index (χ2n) is 5.42. The maximum absolute atomic E-state index is 12.6. The number of aromatic nitrogens is 1. The van der Waals surface area contributed by atoms with Crippen LogP contribution in [0.15, 0.2) is 65.8 Å². The molecule has 0 saturated carbocycles. The Labute approximate surface area is 148 Å². The van der Waals surface area contributed by atoms with Crippen LogP contribution >= 0.6 is 11.8 Å². The summed E-state index contributed by atoms with van der Waals surface area (Å²) >= 11 is 0.279. The fraction of sp³-hybridized carbons (Fsp3) is 0.158.